The van der Waals surface area contributed by atoms with E-state index in [1.807, 2.05) is 42.5 Å². The van der Waals surface area contributed by atoms with Crippen LogP contribution in [-0.4, -0.2) is 28.4 Å². The number of benzene rings is 2. The van der Waals surface area contributed by atoms with Gasteiger partial charge in [-0.15, -0.1) is 0 Å². The Morgan fingerprint density at radius 2 is 1.76 bits per heavy atom. The van der Waals surface area contributed by atoms with Gasteiger partial charge in [-0.3, -0.25) is 4.79 Å². The van der Waals surface area contributed by atoms with Crippen molar-refractivity contribution in [2.75, 3.05) is 7.11 Å². The van der Waals surface area contributed by atoms with Gasteiger partial charge in [0.2, 0.25) is 0 Å². The van der Waals surface area contributed by atoms with E-state index in [1.54, 1.807) is 13.4 Å². The summed E-state index contributed by atoms with van der Waals surface area (Å²) < 4.78 is 9.81. The highest BCUT2D eigenvalue weighted by molar-refractivity contribution is 7.81. The molecule has 4 rings (SSSR count). The Morgan fingerprint density at radius 1 is 1.16 bits per heavy atom. The van der Waals surface area contributed by atoms with Gasteiger partial charge in [-0.2, -0.15) is 12.6 Å². The number of thiol groups is 1. The molecule has 1 atom stereocenters. The summed E-state index contributed by atoms with van der Waals surface area (Å²) in [7, 11) is 1.69. The monoisotopic (exact) mass is 357 g/mol. The van der Waals surface area contributed by atoms with Gasteiger partial charge in [0, 0.05) is 5.56 Å². The molecule has 1 aromatic carbocycles. The van der Waals surface area contributed by atoms with Crippen molar-refractivity contribution in [1.82, 2.24) is 4.98 Å². The predicted molar refractivity (Wildman–Crippen MR) is 100 cm³/mol. The Balaban J connectivity index is 0.000000143. The zero-order chi connectivity index (χ0) is 18.2. The largest absolute Gasteiger partial charge is 0.497 e. The Hall–Kier alpha value is -2.73. The second-order valence-corrected chi connectivity index (χ2v) is 5.98. The molecule has 1 unspecified atom stereocenters. The van der Waals surface area contributed by atoms with Crippen LogP contribution < -0.4 is 4.74 Å². The van der Waals surface area contributed by atoms with Crippen LogP contribution in [0, 0.1) is 0 Å². The van der Waals surface area contributed by atoms with Gasteiger partial charge in [0.05, 0.1) is 12.4 Å². The van der Waals surface area contributed by atoms with Crippen molar-refractivity contribution in [3.8, 4) is 28.1 Å². The van der Waals surface area contributed by atoms with Gasteiger partial charge in [-0.25, -0.2) is 4.98 Å². The highest BCUT2D eigenvalue weighted by Crippen LogP contribution is 2.39. The van der Waals surface area contributed by atoms with Crippen molar-refractivity contribution >= 4 is 18.6 Å². The molecule has 0 saturated heterocycles. The third-order valence-electron chi connectivity index (χ3n) is 3.25. The summed E-state index contributed by atoms with van der Waals surface area (Å²) in [5.41, 5.74) is 4.63. The van der Waals surface area contributed by atoms with E-state index in [0.29, 0.717) is 0 Å². The van der Waals surface area contributed by atoms with Crippen LogP contribution in [0.4, 0.5) is 0 Å². The molecule has 1 heterocycles. The van der Waals surface area contributed by atoms with Gasteiger partial charge in [0.15, 0.2) is 6.39 Å². The highest BCUT2D eigenvalue weighted by Gasteiger charge is 2.13. The van der Waals surface area contributed by atoms with Crippen molar-refractivity contribution in [3.63, 3.8) is 0 Å². The number of ether oxygens (including phenoxy) is 1. The van der Waals surface area contributed by atoms with Gasteiger partial charge in [-0.05, 0) is 36.2 Å². The lowest BCUT2D eigenvalue weighted by molar-refractivity contribution is -0.136. The molecule has 0 aliphatic heterocycles. The fourth-order valence-electron chi connectivity index (χ4n) is 1.81. The summed E-state index contributed by atoms with van der Waals surface area (Å²) in [5.74, 6) is 0.107. The second-order valence-electron chi connectivity index (χ2n) is 5.20. The molecular weight excluding hydrogens is 338 g/mol. The highest BCUT2D eigenvalue weighted by atomic mass is 32.1. The van der Waals surface area contributed by atoms with E-state index >= 15 is 0 Å². The number of oxazole rings is 1. The van der Waals surface area contributed by atoms with Crippen LogP contribution in [0.3, 0.4) is 0 Å². The number of nitrogens with zero attached hydrogens (tertiary/aromatic N) is 1. The number of aliphatic carboxylic acids is 1. The van der Waals surface area contributed by atoms with Crippen molar-refractivity contribution < 1.29 is 19.1 Å². The van der Waals surface area contributed by atoms with Crippen LogP contribution >= 0.6 is 12.6 Å². The predicted octanol–water partition coefficient (Wildman–Crippen LogP) is 4.41. The van der Waals surface area contributed by atoms with Gasteiger partial charge in [0.1, 0.15) is 17.7 Å². The second kappa shape index (κ2) is 8.94. The van der Waals surface area contributed by atoms with Crippen molar-refractivity contribution in [3.05, 3.63) is 61.2 Å². The third kappa shape index (κ3) is 6.00. The molecule has 1 N–H and O–H groups in total. The number of rotatable bonds is 3. The molecule has 25 heavy (non-hydrogen) atoms. The molecule has 0 saturated carbocycles. The smallest absolute Gasteiger partial charge is 0.316 e. The summed E-state index contributed by atoms with van der Waals surface area (Å²) in [4.78, 5) is 13.6. The number of carboxylic acids is 1. The van der Waals surface area contributed by atoms with Gasteiger partial charge in [0.25, 0.3) is 0 Å². The average Bonchev–Trinajstić information content (AvgIpc) is 3.05. The first kappa shape index (κ1) is 18.6. The topological polar surface area (TPSA) is 72.6 Å². The van der Waals surface area contributed by atoms with E-state index in [2.05, 4.69) is 23.7 Å². The Bertz CT molecular complexity index is 781. The number of hydrogen-bond donors (Lipinski definition) is 2. The Kier molecular flexibility index (Phi) is 6.65. The zero-order valence-corrected chi connectivity index (χ0v) is 14.8. The summed E-state index contributed by atoms with van der Waals surface area (Å²) in [5, 5.41) is 7.38. The summed E-state index contributed by atoms with van der Waals surface area (Å²) >= 11 is 3.59. The maximum Gasteiger partial charge on any atom is 0.316 e. The maximum absolute atomic E-state index is 9.62. The Morgan fingerprint density at radius 3 is 2.16 bits per heavy atom. The molecular formula is C19H19NO4S. The molecule has 130 valence electrons. The number of carboxylic acid groups (broad SMARTS) is 1. The minimum Gasteiger partial charge on any atom is -0.497 e. The SMILES string of the molecule is CC(S)C(=O)O.COc1cc2cc-2c1.c1ccc(-c2cocn2)cc1. The molecule has 0 fully saturated rings. The quantitative estimate of drug-likeness (QED) is 0.532. The number of aromatic nitrogens is 1. The van der Waals surface area contributed by atoms with Crippen LogP contribution in [-0.2, 0) is 4.79 Å². The van der Waals surface area contributed by atoms with E-state index in [1.165, 1.54) is 24.4 Å². The van der Waals surface area contributed by atoms with Gasteiger partial charge < -0.3 is 14.3 Å². The van der Waals surface area contributed by atoms with E-state index < -0.39 is 11.2 Å². The standard InChI is InChI=1S/C9H7NO.C7H6O.C3H6O2S/c1-2-4-8(5-3-1)9-6-11-7-10-9;1-8-7-3-5-2-6(5)4-7;1-2(6)3(4)5/h1-7H;2-4H,1H3;2,6H,1H3,(H,4,5). The molecule has 0 bridgehead atoms. The number of fused-ring (bicyclic) bond motifs is 1. The minimum atomic E-state index is -0.877. The van der Waals surface area contributed by atoms with Gasteiger partial charge >= 0.3 is 5.97 Å². The van der Waals surface area contributed by atoms with E-state index in [-0.39, 0.29) is 0 Å². The number of carbonyl (C=O) groups is 1. The van der Waals surface area contributed by atoms with Crippen LogP contribution in [0.15, 0.2) is 65.6 Å². The first-order valence-corrected chi connectivity index (χ1v) is 8.07. The molecule has 2 aliphatic carbocycles. The normalized spacial score (nSPS) is 11.2. The maximum atomic E-state index is 9.62. The number of hydrogen-bond acceptors (Lipinski definition) is 5. The molecule has 1 aromatic heterocycles. The van der Waals surface area contributed by atoms with E-state index in [9.17, 15) is 4.79 Å². The molecule has 0 spiro atoms. The lowest BCUT2D eigenvalue weighted by Crippen LogP contribution is -2.06. The zero-order valence-electron chi connectivity index (χ0n) is 13.9. The van der Waals surface area contributed by atoms with Crippen LogP contribution in [0.1, 0.15) is 6.92 Å². The van der Waals surface area contributed by atoms with E-state index in [4.69, 9.17) is 14.3 Å². The van der Waals surface area contributed by atoms with Crippen molar-refractivity contribution in [1.29, 1.82) is 0 Å². The fourth-order valence-corrected chi connectivity index (χ4v) is 1.81. The van der Waals surface area contributed by atoms with Crippen LogP contribution in [0.25, 0.3) is 22.4 Å². The van der Waals surface area contributed by atoms with E-state index in [0.717, 1.165) is 17.0 Å². The Labute approximate surface area is 151 Å². The molecule has 5 nitrogen and oxygen atoms in total. The van der Waals surface area contributed by atoms with Crippen LogP contribution in [0.5, 0.6) is 5.75 Å². The van der Waals surface area contributed by atoms with Crippen molar-refractivity contribution in [2.24, 2.45) is 0 Å². The van der Waals surface area contributed by atoms with Gasteiger partial charge in [-0.1, -0.05) is 30.3 Å². The average molecular weight is 357 g/mol. The molecule has 2 aromatic rings. The first-order chi connectivity index (χ1) is 12.0. The first-order valence-electron chi connectivity index (χ1n) is 7.55. The van der Waals surface area contributed by atoms with Crippen LogP contribution in [0.2, 0.25) is 0 Å². The molecule has 0 radical (unpaired) electrons. The lowest BCUT2D eigenvalue weighted by Gasteiger charge is -1.91. The molecule has 6 heteroatoms. The fraction of sp³-hybridized carbons (Fsp3) is 0.158. The molecule has 2 aliphatic rings. The summed E-state index contributed by atoms with van der Waals surface area (Å²) in [6.07, 6.45) is 3.07. The summed E-state index contributed by atoms with van der Waals surface area (Å²) in [6, 6.07) is 16.1. The number of methoxy groups -OCH3 is 1. The molecule has 0 amide bonds. The van der Waals surface area contributed by atoms with Crippen molar-refractivity contribution in [2.45, 2.75) is 12.2 Å². The lowest BCUT2D eigenvalue weighted by atomic mass is 10.2. The third-order valence-corrected chi connectivity index (χ3v) is 3.47. The minimum absolute atomic E-state index is 0.537. The summed E-state index contributed by atoms with van der Waals surface area (Å²) in [6.45, 7) is 1.51.